The van der Waals surface area contributed by atoms with Crippen molar-refractivity contribution in [3.63, 3.8) is 0 Å². The van der Waals surface area contributed by atoms with Gasteiger partial charge in [0.25, 0.3) is 0 Å². The first-order valence-corrected chi connectivity index (χ1v) is 3.52. The predicted octanol–water partition coefficient (Wildman–Crippen LogP) is 1.60. The highest BCUT2D eigenvalue weighted by molar-refractivity contribution is 7.98. The molecule has 1 nitrogen and oxygen atoms in total. The monoisotopic (exact) mass is 124 g/mol. The van der Waals surface area contributed by atoms with Crippen LogP contribution in [0, 0.1) is 6.07 Å². The first-order valence-electron chi connectivity index (χ1n) is 2.29. The summed E-state index contributed by atoms with van der Waals surface area (Å²) in [5.74, 6) is 0. The summed E-state index contributed by atoms with van der Waals surface area (Å²) >= 11 is 1.64. The molecule has 1 aromatic heterocycles. The molecule has 1 rings (SSSR count). The summed E-state index contributed by atoms with van der Waals surface area (Å²) in [6, 6.07) is 6.64. The van der Waals surface area contributed by atoms with E-state index in [1.54, 1.807) is 18.0 Å². The average molecular weight is 124 g/mol. The number of nitrogens with zero attached hydrogens (tertiary/aromatic N) is 1. The van der Waals surface area contributed by atoms with Crippen molar-refractivity contribution in [1.82, 2.24) is 4.98 Å². The Balaban J connectivity index is 2.83. The normalized spacial score (nSPS) is 9.12. The lowest BCUT2D eigenvalue weighted by Crippen LogP contribution is -1.72. The summed E-state index contributed by atoms with van der Waals surface area (Å²) in [4.78, 5) is 4.00. The highest BCUT2D eigenvalue weighted by atomic mass is 32.2. The lowest BCUT2D eigenvalue weighted by Gasteiger charge is -1.87. The molecule has 0 aliphatic heterocycles. The van der Waals surface area contributed by atoms with Crippen LogP contribution in [0.5, 0.6) is 0 Å². The fourth-order valence-electron chi connectivity index (χ4n) is 0.427. The van der Waals surface area contributed by atoms with Crippen molar-refractivity contribution in [3.05, 3.63) is 24.4 Å². The van der Waals surface area contributed by atoms with Crippen LogP contribution < -0.4 is 0 Å². The van der Waals surface area contributed by atoms with E-state index in [-0.39, 0.29) is 0 Å². The highest BCUT2D eigenvalue weighted by Crippen LogP contribution is 2.07. The first-order chi connectivity index (χ1) is 3.93. The number of aromatic nitrogens is 1. The van der Waals surface area contributed by atoms with Gasteiger partial charge in [-0.1, -0.05) is 6.07 Å². The summed E-state index contributed by atoms with van der Waals surface area (Å²) in [6.07, 6.45) is 3.67. The second kappa shape index (κ2) is 2.72. The van der Waals surface area contributed by atoms with E-state index in [2.05, 4.69) is 11.1 Å². The van der Waals surface area contributed by atoms with E-state index < -0.39 is 0 Å². The Bertz CT molecular complexity index is 150. The third kappa shape index (κ3) is 1.23. The van der Waals surface area contributed by atoms with Crippen LogP contribution in [0.3, 0.4) is 0 Å². The molecular formula is C6H6NS. The summed E-state index contributed by atoms with van der Waals surface area (Å²) in [5.41, 5.74) is 0. The molecule has 0 fully saturated rings. The predicted molar refractivity (Wildman–Crippen MR) is 34.9 cm³/mol. The van der Waals surface area contributed by atoms with Crippen molar-refractivity contribution in [3.8, 4) is 0 Å². The van der Waals surface area contributed by atoms with E-state index >= 15 is 0 Å². The van der Waals surface area contributed by atoms with Gasteiger partial charge >= 0.3 is 0 Å². The molecule has 0 aromatic carbocycles. The van der Waals surface area contributed by atoms with Gasteiger partial charge in [0.05, 0.1) is 5.03 Å². The molecule has 0 aliphatic carbocycles. The number of thioether (sulfide) groups is 1. The smallest absolute Gasteiger partial charge is 0.0957 e. The van der Waals surface area contributed by atoms with Gasteiger partial charge in [-0.05, 0) is 12.3 Å². The molecule has 0 aliphatic rings. The van der Waals surface area contributed by atoms with Crippen LogP contribution in [-0.2, 0) is 0 Å². The van der Waals surface area contributed by atoms with Gasteiger partial charge in [0.1, 0.15) is 0 Å². The van der Waals surface area contributed by atoms with Gasteiger partial charge in [-0.2, -0.15) is 0 Å². The summed E-state index contributed by atoms with van der Waals surface area (Å²) < 4.78 is 0. The van der Waals surface area contributed by atoms with Crippen LogP contribution in [0.1, 0.15) is 0 Å². The molecule has 0 N–H and O–H groups in total. The van der Waals surface area contributed by atoms with Gasteiger partial charge in [0, 0.05) is 12.3 Å². The van der Waals surface area contributed by atoms with Crippen LogP contribution in [0.15, 0.2) is 23.4 Å². The molecule has 0 atom stereocenters. The third-order valence-corrected chi connectivity index (χ3v) is 1.46. The molecule has 1 heterocycles. The maximum atomic E-state index is 4.00. The van der Waals surface area contributed by atoms with E-state index in [9.17, 15) is 0 Å². The topological polar surface area (TPSA) is 12.9 Å². The van der Waals surface area contributed by atoms with Crippen molar-refractivity contribution in [2.75, 3.05) is 6.26 Å². The number of pyridine rings is 1. The zero-order valence-corrected chi connectivity index (χ0v) is 5.40. The quantitative estimate of drug-likeness (QED) is 0.527. The van der Waals surface area contributed by atoms with Gasteiger partial charge in [0.15, 0.2) is 0 Å². The second-order valence-corrected chi connectivity index (χ2v) is 2.13. The van der Waals surface area contributed by atoms with E-state index in [0.717, 1.165) is 5.03 Å². The Morgan fingerprint density at radius 3 is 3.00 bits per heavy atom. The standard InChI is InChI=1S/C6H6NS/c1-8-6-4-2-3-5-7-6/h2,4-5H,1H3. The molecule has 0 saturated carbocycles. The Morgan fingerprint density at radius 2 is 2.62 bits per heavy atom. The largest absolute Gasteiger partial charge is 0.249 e. The maximum Gasteiger partial charge on any atom is 0.0957 e. The molecule has 0 saturated heterocycles. The van der Waals surface area contributed by atoms with Crippen LogP contribution >= 0.6 is 11.8 Å². The molecular weight excluding hydrogens is 118 g/mol. The van der Waals surface area contributed by atoms with Crippen molar-refractivity contribution in [2.24, 2.45) is 0 Å². The second-order valence-electron chi connectivity index (χ2n) is 1.30. The van der Waals surface area contributed by atoms with E-state index in [1.807, 2.05) is 18.4 Å². The molecule has 2 heteroatoms. The number of hydrogen-bond acceptors (Lipinski definition) is 2. The molecule has 0 amide bonds. The van der Waals surface area contributed by atoms with E-state index in [4.69, 9.17) is 0 Å². The fourth-order valence-corrected chi connectivity index (χ4v) is 0.789. The Kier molecular flexibility index (Phi) is 1.92. The van der Waals surface area contributed by atoms with Gasteiger partial charge in [0.2, 0.25) is 0 Å². The Labute approximate surface area is 53.1 Å². The lowest BCUT2D eigenvalue weighted by atomic mass is 10.5. The minimum Gasteiger partial charge on any atom is -0.249 e. The third-order valence-electron chi connectivity index (χ3n) is 0.798. The number of rotatable bonds is 1. The van der Waals surface area contributed by atoms with Gasteiger partial charge in [-0.3, -0.25) is 0 Å². The molecule has 41 valence electrons. The minimum absolute atomic E-state index is 1.05. The summed E-state index contributed by atoms with van der Waals surface area (Å²) in [5, 5.41) is 1.05. The van der Waals surface area contributed by atoms with Crippen molar-refractivity contribution < 1.29 is 0 Å². The molecule has 0 bridgehead atoms. The van der Waals surface area contributed by atoms with Gasteiger partial charge in [-0.25, -0.2) is 4.98 Å². The minimum atomic E-state index is 1.05. The van der Waals surface area contributed by atoms with Crippen molar-refractivity contribution >= 4 is 11.8 Å². The maximum absolute atomic E-state index is 4.00. The summed E-state index contributed by atoms with van der Waals surface area (Å²) in [6.45, 7) is 0. The Morgan fingerprint density at radius 1 is 1.75 bits per heavy atom. The molecule has 0 unspecified atom stereocenters. The van der Waals surface area contributed by atoms with Crippen LogP contribution in [-0.4, -0.2) is 11.2 Å². The van der Waals surface area contributed by atoms with Crippen LogP contribution in [0.4, 0.5) is 0 Å². The highest BCUT2D eigenvalue weighted by Gasteiger charge is 1.82. The van der Waals surface area contributed by atoms with Gasteiger partial charge < -0.3 is 0 Å². The SMILES string of the molecule is CSc1cc[c]cn1. The van der Waals surface area contributed by atoms with Crippen LogP contribution in [0.2, 0.25) is 0 Å². The molecule has 1 radical (unpaired) electrons. The number of hydrogen-bond donors (Lipinski definition) is 0. The Hall–Kier alpha value is -0.500. The molecule has 8 heavy (non-hydrogen) atoms. The van der Waals surface area contributed by atoms with E-state index in [1.165, 1.54) is 0 Å². The molecule has 0 spiro atoms. The summed E-state index contributed by atoms with van der Waals surface area (Å²) in [7, 11) is 0. The fraction of sp³-hybridized carbons (Fsp3) is 0.167. The zero-order valence-electron chi connectivity index (χ0n) is 4.59. The van der Waals surface area contributed by atoms with Crippen LogP contribution in [0.25, 0.3) is 0 Å². The molecule has 1 aromatic rings. The van der Waals surface area contributed by atoms with Crippen molar-refractivity contribution in [2.45, 2.75) is 5.03 Å². The van der Waals surface area contributed by atoms with E-state index in [0.29, 0.717) is 0 Å². The average Bonchev–Trinajstić information content (AvgIpc) is 1.90. The lowest BCUT2D eigenvalue weighted by molar-refractivity contribution is 1.14. The van der Waals surface area contributed by atoms with Gasteiger partial charge in [-0.15, -0.1) is 11.8 Å². The first kappa shape index (κ1) is 5.63. The van der Waals surface area contributed by atoms with Crippen molar-refractivity contribution in [1.29, 1.82) is 0 Å². The zero-order chi connectivity index (χ0) is 5.82.